The number of carbonyl (C=O) groups is 1. The molecule has 1 aromatic rings. The number of hydrogen-bond acceptors (Lipinski definition) is 5. The van der Waals surface area contributed by atoms with Crippen LogP contribution < -0.4 is 0 Å². The number of nitrogens with zero attached hydrogens (tertiary/aromatic N) is 2. The Balaban J connectivity index is 1.72. The summed E-state index contributed by atoms with van der Waals surface area (Å²) in [6, 6.07) is 0. The van der Waals surface area contributed by atoms with E-state index in [0.717, 1.165) is 0 Å². The van der Waals surface area contributed by atoms with Crippen molar-refractivity contribution in [3.63, 3.8) is 0 Å². The van der Waals surface area contributed by atoms with Gasteiger partial charge < -0.3 is 4.74 Å². The third kappa shape index (κ3) is 4.96. The van der Waals surface area contributed by atoms with Crippen molar-refractivity contribution in [3.8, 4) is 0 Å². The molecule has 1 fully saturated rings. The van der Waals surface area contributed by atoms with Gasteiger partial charge in [-0.05, 0) is 38.8 Å². The van der Waals surface area contributed by atoms with E-state index in [1.165, 1.54) is 16.2 Å². The van der Waals surface area contributed by atoms with E-state index >= 15 is 0 Å². The van der Waals surface area contributed by atoms with Crippen LogP contribution in [0.3, 0.4) is 0 Å². The van der Waals surface area contributed by atoms with Crippen LogP contribution >= 0.6 is 11.3 Å². The minimum atomic E-state index is -4.15. The normalized spacial score (nSPS) is 17.9. The van der Waals surface area contributed by atoms with Gasteiger partial charge in [0.15, 0.2) is 0 Å². The highest BCUT2D eigenvalue weighted by Crippen LogP contribution is 2.23. The van der Waals surface area contributed by atoms with Crippen LogP contribution in [0.5, 0.6) is 0 Å². The molecule has 1 saturated heterocycles. The van der Waals surface area contributed by atoms with Crippen molar-refractivity contribution in [1.29, 1.82) is 0 Å². The molecule has 0 unspecified atom stereocenters. The lowest BCUT2D eigenvalue weighted by atomic mass is 9.98. The molecule has 0 atom stereocenters. The van der Waals surface area contributed by atoms with Gasteiger partial charge in [0, 0.05) is 0 Å². The van der Waals surface area contributed by atoms with Crippen molar-refractivity contribution in [3.05, 3.63) is 16.1 Å². The fourth-order valence-electron chi connectivity index (χ4n) is 2.32. The van der Waals surface area contributed by atoms with Crippen molar-refractivity contribution in [2.45, 2.75) is 25.9 Å². The largest absolute Gasteiger partial charge is 0.461 e. The summed E-state index contributed by atoms with van der Waals surface area (Å²) >= 11 is 1.23. The van der Waals surface area contributed by atoms with Crippen molar-refractivity contribution in [2.75, 3.05) is 26.2 Å². The Morgan fingerprint density at radius 3 is 2.67 bits per heavy atom. The number of likely N-dealkylation sites (tertiary alicyclic amines) is 1. The third-order valence-corrected chi connectivity index (χ3v) is 4.40. The highest BCUT2D eigenvalue weighted by Gasteiger charge is 2.32. The molecule has 0 N–H and O–H groups in total. The number of thiazole rings is 1. The summed E-state index contributed by atoms with van der Waals surface area (Å²) in [6.45, 7) is 1.92. The van der Waals surface area contributed by atoms with E-state index in [0.29, 0.717) is 36.5 Å². The van der Waals surface area contributed by atoms with E-state index in [4.69, 9.17) is 4.74 Å². The average molecular weight is 322 g/mol. The van der Waals surface area contributed by atoms with Crippen LogP contribution in [0.2, 0.25) is 0 Å². The molecule has 8 heteroatoms. The van der Waals surface area contributed by atoms with E-state index in [2.05, 4.69) is 4.98 Å². The summed E-state index contributed by atoms with van der Waals surface area (Å²) in [5.74, 6) is -0.264. The number of carbonyl (C=O) groups excluding carboxylic acids is 1. The first-order valence-corrected chi connectivity index (χ1v) is 7.59. The summed E-state index contributed by atoms with van der Waals surface area (Å²) in [5, 5.41) is 0. The lowest BCUT2D eigenvalue weighted by molar-refractivity contribution is -0.148. The summed E-state index contributed by atoms with van der Waals surface area (Å²) < 4.78 is 42.0. The van der Waals surface area contributed by atoms with Crippen LogP contribution in [0.1, 0.15) is 28.2 Å². The second kappa shape index (κ2) is 6.74. The van der Waals surface area contributed by atoms with Crippen molar-refractivity contribution in [2.24, 2.45) is 5.92 Å². The summed E-state index contributed by atoms with van der Waals surface area (Å²) in [5.41, 5.74) is 2.23. The Bertz CT molecular complexity index is 482. The van der Waals surface area contributed by atoms with Crippen LogP contribution in [-0.4, -0.2) is 48.3 Å². The van der Waals surface area contributed by atoms with Gasteiger partial charge in [0.05, 0.1) is 24.4 Å². The Labute approximate surface area is 124 Å². The maximum absolute atomic E-state index is 12.3. The molecule has 0 saturated carbocycles. The van der Waals surface area contributed by atoms with E-state index < -0.39 is 18.7 Å². The molecule has 1 aliphatic heterocycles. The summed E-state index contributed by atoms with van der Waals surface area (Å²) in [7, 11) is 0. The molecule has 0 aliphatic carbocycles. The van der Waals surface area contributed by atoms with Gasteiger partial charge in [-0.1, -0.05) is 0 Å². The summed E-state index contributed by atoms with van der Waals surface area (Å²) in [4.78, 5) is 17.7. The second-order valence-electron chi connectivity index (χ2n) is 5.20. The fourth-order valence-corrected chi connectivity index (χ4v) is 3.02. The molecule has 0 aromatic carbocycles. The zero-order chi connectivity index (χ0) is 15.5. The van der Waals surface area contributed by atoms with Gasteiger partial charge in [0.25, 0.3) is 0 Å². The van der Waals surface area contributed by atoms with E-state index in [-0.39, 0.29) is 12.5 Å². The molecule has 2 rings (SSSR count). The second-order valence-corrected chi connectivity index (χ2v) is 6.05. The highest BCUT2D eigenvalue weighted by atomic mass is 32.1. The van der Waals surface area contributed by atoms with Gasteiger partial charge in [-0.3, -0.25) is 4.90 Å². The van der Waals surface area contributed by atoms with E-state index in [1.54, 1.807) is 12.4 Å². The molecule has 4 nitrogen and oxygen atoms in total. The Morgan fingerprint density at radius 1 is 1.48 bits per heavy atom. The molecule has 1 aliphatic rings. The van der Waals surface area contributed by atoms with E-state index in [1.807, 2.05) is 0 Å². The molecule has 118 valence electrons. The molecule has 0 spiro atoms. The number of piperidine rings is 1. The maximum Gasteiger partial charge on any atom is 0.401 e. The number of ether oxygens (including phenoxy) is 1. The van der Waals surface area contributed by atoms with Gasteiger partial charge in [0.1, 0.15) is 4.88 Å². The number of hydrogen-bond donors (Lipinski definition) is 0. The molecule has 21 heavy (non-hydrogen) atoms. The van der Waals surface area contributed by atoms with Crippen LogP contribution in [0, 0.1) is 12.8 Å². The zero-order valence-corrected chi connectivity index (χ0v) is 12.5. The zero-order valence-electron chi connectivity index (χ0n) is 11.7. The van der Waals surface area contributed by atoms with Gasteiger partial charge in [-0.2, -0.15) is 13.2 Å². The minimum absolute atomic E-state index is 0.131. The number of aryl methyl sites for hydroxylation is 1. The fraction of sp³-hybridized carbons (Fsp3) is 0.692. The lowest BCUT2D eigenvalue weighted by Crippen LogP contribution is -2.40. The molecule has 2 heterocycles. The van der Waals surface area contributed by atoms with Gasteiger partial charge in [0.2, 0.25) is 0 Å². The standard InChI is InChI=1S/C13H17F3N2O2S/c1-9-11(21-8-17-9)12(19)20-6-10-2-4-18(5-3-10)7-13(14,15)16/h8,10H,2-7H2,1H3. The first-order valence-electron chi connectivity index (χ1n) is 6.71. The Morgan fingerprint density at radius 2 is 2.14 bits per heavy atom. The van der Waals surface area contributed by atoms with E-state index in [9.17, 15) is 18.0 Å². The Kier molecular flexibility index (Phi) is 5.21. The average Bonchev–Trinajstić information content (AvgIpc) is 2.82. The first kappa shape index (κ1) is 16.2. The quantitative estimate of drug-likeness (QED) is 0.800. The predicted molar refractivity (Wildman–Crippen MR) is 72.4 cm³/mol. The molecular formula is C13H17F3N2O2S. The molecule has 0 bridgehead atoms. The smallest absolute Gasteiger partial charge is 0.401 e. The predicted octanol–water partition coefficient (Wildman–Crippen LogP) is 2.88. The molecule has 0 radical (unpaired) electrons. The van der Waals surface area contributed by atoms with Gasteiger partial charge >= 0.3 is 12.1 Å². The van der Waals surface area contributed by atoms with Crippen molar-refractivity contribution >= 4 is 17.3 Å². The summed E-state index contributed by atoms with van der Waals surface area (Å²) in [6.07, 6.45) is -2.92. The molecule has 1 aromatic heterocycles. The minimum Gasteiger partial charge on any atom is -0.461 e. The maximum atomic E-state index is 12.3. The van der Waals surface area contributed by atoms with Crippen LogP contribution in [0.4, 0.5) is 13.2 Å². The van der Waals surface area contributed by atoms with Gasteiger partial charge in [-0.25, -0.2) is 9.78 Å². The van der Waals surface area contributed by atoms with Gasteiger partial charge in [-0.15, -0.1) is 11.3 Å². The third-order valence-electron chi connectivity index (χ3n) is 3.49. The number of rotatable bonds is 4. The van der Waals surface area contributed by atoms with Crippen molar-refractivity contribution < 1.29 is 22.7 Å². The van der Waals surface area contributed by atoms with Crippen LogP contribution in [0.15, 0.2) is 5.51 Å². The Hall–Kier alpha value is -1.15. The number of esters is 1. The van der Waals surface area contributed by atoms with Crippen LogP contribution in [-0.2, 0) is 4.74 Å². The molecule has 0 amide bonds. The number of alkyl halides is 3. The monoisotopic (exact) mass is 322 g/mol. The molecular weight excluding hydrogens is 305 g/mol. The first-order chi connectivity index (χ1) is 9.85. The van der Waals surface area contributed by atoms with Crippen molar-refractivity contribution in [1.82, 2.24) is 9.88 Å². The number of halogens is 3. The highest BCUT2D eigenvalue weighted by molar-refractivity contribution is 7.11. The lowest BCUT2D eigenvalue weighted by Gasteiger charge is -2.31. The van der Waals surface area contributed by atoms with Crippen LogP contribution in [0.25, 0.3) is 0 Å². The number of aromatic nitrogens is 1. The topological polar surface area (TPSA) is 42.4 Å². The SMILES string of the molecule is Cc1ncsc1C(=O)OCC1CCN(CC(F)(F)F)CC1.